The zero-order valence-corrected chi connectivity index (χ0v) is 20.2. The van der Waals surface area contributed by atoms with E-state index < -0.39 is 0 Å². The SMILES string of the molecule is OCc1cnc2cc(Sc3ccccc3)c(Sc3ccccc3)cc2c1Sc1ccccc1. The molecule has 0 atom stereocenters. The number of aliphatic hydroxyl groups is 1. The molecule has 0 aliphatic heterocycles. The molecule has 5 aromatic rings. The first-order valence-corrected chi connectivity index (χ1v) is 13.0. The van der Waals surface area contributed by atoms with Gasteiger partial charge in [0.15, 0.2) is 0 Å². The molecule has 162 valence electrons. The third kappa shape index (κ3) is 5.28. The summed E-state index contributed by atoms with van der Waals surface area (Å²) in [5.74, 6) is 0. The summed E-state index contributed by atoms with van der Waals surface area (Å²) in [5.41, 5.74) is 1.77. The quantitative estimate of drug-likeness (QED) is 0.252. The van der Waals surface area contributed by atoms with Crippen molar-refractivity contribution in [2.45, 2.75) is 36.0 Å². The molecule has 0 radical (unpaired) electrons. The first kappa shape index (κ1) is 22.1. The fourth-order valence-corrected chi connectivity index (χ4v) is 6.51. The van der Waals surface area contributed by atoms with Crippen LogP contribution in [-0.4, -0.2) is 10.1 Å². The molecule has 2 nitrogen and oxygen atoms in total. The summed E-state index contributed by atoms with van der Waals surface area (Å²) in [5, 5.41) is 11.1. The molecule has 0 aliphatic carbocycles. The normalized spacial score (nSPS) is 11.1. The van der Waals surface area contributed by atoms with Gasteiger partial charge in [-0.05, 0) is 48.5 Å². The van der Waals surface area contributed by atoms with Crippen molar-refractivity contribution >= 4 is 46.2 Å². The van der Waals surface area contributed by atoms with Gasteiger partial charge in [-0.25, -0.2) is 0 Å². The molecular weight excluding hydrogens is 463 g/mol. The lowest BCUT2D eigenvalue weighted by atomic mass is 10.1. The van der Waals surface area contributed by atoms with Crippen LogP contribution in [0.2, 0.25) is 0 Å². The van der Waals surface area contributed by atoms with Crippen molar-refractivity contribution in [2.24, 2.45) is 0 Å². The lowest BCUT2D eigenvalue weighted by Gasteiger charge is -2.15. The Hall–Kier alpha value is -2.70. The molecule has 5 rings (SSSR count). The van der Waals surface area contributed by atoms with Crippen LogP contribution in [0.5, 0.6) is 0 Å². The highest BCUT2D eigenvalue weighted by Gasteiger charge is 2.15. The standard InChI is InChI=1S/C28H21NOS3/c30-19-20-18-29-25-17-27(32-22-12-6-2-7-13-22)26(31-21-10-4-1-5-11-21)16-24(25)28(20)33-23-14-8-3-9-15-23/h1-18,30H,19H2. The van der Waals surface area contributed by atoms with Crippen LogP contribution in [0.3, 0.4) is 0 Å². The zero-order valence-electron chi connectivity index (χ0n) is 17.7. The number of aromatic nitrogens is 1. The van der Waals surface area contributed by atoms with E-state index in [1.54, 1.807) is 41.5 Å². The Morgan fingerprint density at radius 1 is 0.606 bits per heavy atom. The zero-order chi connectivity index (χ0) is 22.5. The van der Waals surface area contributed by atoms with Crippen LogP contribution >= 0.6 is 35.3 Å². The molecular formula is C28H21NOS3. The molecule has 1 heterocycles. The Kier molecular flexibility index (Phi) is 7.03. The summed E-state index contributed by atoms with van der Waals surface area (Å²) in [7, 11) is 0. The van der Waals surface area contributed by atoms with Crippen molar-refractivity contribution in [1.82, 2.24) is 4.98 Å². The van der Waals surface area contributed by atoms with Crippen LogP contribution in [0.4, 0.5) is 0 Å². The second-order valence-corrected chi connectivity index (χ2v) is 10.6. The Labute approximate surface area is 206 Å². The van der Waals surface area contributed by atoms with Crippen molar-refractivity contribution in [3.8, 4) is 0 Å². The molecule has 0 aliphatic rings. The smallest absolute Gasteiger partial charge is 0.0725 e. The predicted octanol–water partition coefficient (Wildman–Crippen LogP) is 8.18. The van der Waals surface area contributed by atoms with E-state index in [0.29, 0.717) is 0 Å². The number of nitrogens with zero attached hydrogens (tertiary/aromatic N) is 1. The van der Waals surface area contributed by atoms with Crippen LogP contribution in [0, 0.1) is 0 Å². The number of hydrogen-bond donors (Lipinski definition) is 1. The summed E-state index contributed by atoms with van der Waals surface area (Å²) in [6, 6.07) is 35.5. The van der Waals surface area contributed by atoms with Crippen LogP contribution in [-0.2, 0) is 6.61 Å². The van der Waals surface area contributed by atoms with Crippen LogP contribution < -0.4 is 0 Å². The third-order valence-corrected chi connectivity index (χ3v) is 8.49. The number of pyridine rings is 1. The van der Waals surface area contributed by atoms with Gasteiger partial charge in [0.25, 0.3) is 0 Å². The van der Waals surface area contributed by atoms with E-state index in [0.717, 1.165) is 26.3 Å². The van der Waals surface area contributed by atoms with Gasteiger partial charge in [-0.15, -0.1) is 0 Å². The van der Waals surface area contributed by atoms with Gasteiger partial charge < -0.3 is 5.11 Å². The van der Waals surface area contributed by atoms with Gasteiger partial charge in [-0.1, -0.05) is 89.9 Å². The lowest BCUT2D eigenvalue weighted by molar-refractivity contribution is 0.279. The Bertz CT molecular complexity index is 1360. The third-order valence-electron chi connectivity index (χ3n) is 5.03. The molecule has 1 N–H and O–H groups in total. The van der Waals surface area contributed by atoms with E-state index in [1.807, 2.05) is 30.3 Å². The summed E-state index contributed by atoms with van der Waals surface area (Å²) in [6.45, 7) is -0.0419. The number of hydrogen-bond acceptors (Lipinski definition) is 5. The van der Waals surface area contributed by atoms with E-state index in [2.05, 4.69) is 72.8 Å². The Balaban J connectivity index is 1.65. The van der Waals surface area contributed by atoms with Crippen molar-refractivity contribution in [2.75, 3.05) is 0 Å². The minimum absolute atomic E-state index is 0.0419. The molecule has 0 saturated carbocycles. The molecule has 1 aromatic heterocycles. The summed E-state index contributed by atoms with van der Waals surface area (Å²) >= 11 is 5.18. The fraction of sp³-hybridized carbons (Fsp3) is 0.0357. The van der Waals surface area contributed by atoms with E-state index >= 15 is 0 Å². The van der Waals surface area contributed by atoms with Crippen molar-refractivity contribution in [1.29, 1.82) is 0 Å². The van der Waals surface area contributed by atoms with Crippen LogP contribution in [0.25, 0.3) is 10.9 Å². The highest BCUT2D eigenvalue weighted by atomic mass is 32.2. The van der Waals surface area contributed by atoms with Crippen molar-refractivity contribution < 1.29 is 5.11 Å². The second-order valence-electron chi connectivity index (χ2n) is 7.33. The minimum Gasteiger partial charge on any atom is -0.392 e. The van der Waals surface area contributed by atoms with Gasteiger partial charge >= 0.3 is 0 Å². The summed E-state index contributed by atoms with van der Waals surface area (Å²) in [4.78, 5) is 11.6. The molecule has 33 heavy (non-hydrogen) atoms. The van der Waals surface area contributed by atoms with Crippen molar-refractivity contribution in [3.05, 3.63) is 115 Å². The van der Waals surface area contributed by atoms with E-state index in [-0.39, 0.29) is 6.61 Å². The van der Waals surface area contributed by atoms with Gasteiger partial charge in [0.1, 0.15) is 0 Å². The van der Waals surface area contributed by atoms with E-state index in [9.17, 15) is 5.11 Å². The maximum Gasteiger partial charge on any atom is 0.0725 e. The monoisotopic (exact) mass is 483 g/mol. The van der Waals surface area contributed by atoms with Gasteiger partial charge in [0, 0.05) is 46.5 Å². The Morgan fingerprint density at radius 2 is 1.09 bits per heavy atom. The highest BCUT2D eigenvalue weighted by Crippen LogP contribution is 2.44. The molecule has 0 saturated heterocycles. The van der Waals surface area contributed by atoms with Crippen molar-refractivity contribution in [3.63, 3.8) is 0 Å². The summed E-state index contributed by atoms with van der Waals surface area (Å²) < 4.78 is 0. The first-order chi connectivity index (χ1) is 16.3. The molecule has 0 spiro atoms. The highest BCUT2D eigenvalue weighted by molar-refractivity contribution is 8.02. The molecule has 0 unspecified atom stereocenters. The fourth-order valence-electron chi connectivity index (χ4n) is 3.45. The van der Waals surface area contributed by atoms with Gasteiger partial charge in [0.2, 0.25) is 0 Å². The lowest BCUT2D eigenvalue weighted by Crippen LogP contribution is -1.94. The molecule has 0 amide bonds. The maximum atomic E-state index is 10.0. The van der Waals surface area contributed by atoms with Crippen LogP contribution in [0.15, 0.2) is 139 Å². The number of fused-ring (bicyclic) bond motifs is 1. The largest absolute Gasteiger partial charge is 0.392 e. The first-order valence-electron chi connectivity index (χ1n) is 10.6. The molecule has 0 bridgehead atoms. The molecule has 4 aromatic carbocycles. The van der Waals surface area contributed by atoms with Gasteiger partial charge in [-0.3, -0.25) is 4.98 Å². The van der Waals surface area contributed by atoms with E-state index in [1.165, 1.54) is 19.6 Å². The topological polar surface area (TPSA) is 33.1 Å². The second kappa shape index (κ2) is 10.5. The van der Waals surface area contributed by atoms with Crippen LogP contribution in [0.1, 0.15) is 5.56 Å². The average molecular weight is 484 g/mol. The number of rotatable bonds is 7. The van der Waals surface area contributed by atoms with Gasteiger partial charge in [-0.2, -0.15) is 0 Å². The Morgan fingerprint density at radius 3 is 1.61 bits per heavy atom. The average Bonchev–Trinajstić information content (AvgIpc) is 2.87. The molecule has 5 heteroatoms. The summed E-state index contributed by atoms with van der Waals surface area (Å²) in [6.07, 6.45) is 1.80. The minimum atomic E-state index is -0.0419. The molecule has 0 fully saturated rings. The maximum absolute atomic E-state index is 10.0. The van der Waals surface area contributed by atoms with E-state index in [4.69, 9.17) is 4.98 Å². The number of aliphatic hydroxyl groups excluding tert-OH is 1. The van der Waals surface area contributed by atoms with Gasteiger partial charge in [0.05, 0.1) is 12.1 Å². The predicted molar refractivity (Wildman–Crippen MR) is 139 cm³/mol. The number of benzene rings is 4.